The van der Waals surface area contributed by atoms with E-state index in [4.69, 9.17) is 0 Å². The molecule has 0 aromatic carbocycles. The Morgan fingerprint density at radius 2 is 2.25 bits per heavy atom. The molecule has 12 heavy (non-hydrogen) atoms. The quantitative estimate of drug-likeness (QED) is 0.625. The maximum absolute atomic E-state index is 3.25. The van der Waals surface area contributed by atoms with Gasteiger partial charge in [-0.15, -0.1) is 0 Å². The van der Waals surface area contributed by atoms with Gasteiger partial charge in [-0.05, 0) is 0 Å². The number of nitrogens with one attached hydrogen (secondary N) is 1. The number of aromatic amines is 1. The zero-order valence-corrected chi connectivity index (χ0v) is 9.13. The standard InChI is InChI=1S/C5H7.C4H4N.CH3.Ru/c1-3-5-4-2;1-2-4-5-3-1;;/h1,3-5H,2H3;1-3,5H;1H3;. The second-order valence-electron chi connectivity index (χ2n) is 2.32. The van der Waals surface area contributed by atoms with Gasteiger partial charge < -0.3 is 0 Å². The minimum atomic E-state index is -0.872. The fourth-order valence-electron chi connectivity index (χ4n) is 0.793. The van der Waals surface area contributed by atoms with E-state index in [0.717, 1.165) is 0 Å². The average molecular weight is 249 g/mol. The molecule has 0 unspecified atom stereocenters. The van der Waals surface area contributed by atoms with E-state index in [1.54, 1.807) is 0 Å². The summed E-state index contributed by atoms with van der Waals surface area (Å²) in [5, 5.41) is 0. The summed E-state index contributed by atoms with van der Waals surface area (Å²) in [7, 11) is 0. The van der Waals surface area contributed by atoms with Crippen LogP contribution in [0.5, 0.6) is 0 Å². The molecule has 1 nitrogen and oxygen atoms in total. The van der Waals surface area contributed by atoms with Crippen LogP contribution in [0.3, 0.4) is 0 Å². The molecule has 0 aliphatic rings. The molecule has 1 rings (SSSR count). The number of aromatic nitrogens is 1. The van der Waals surface area contributed by atoms with E-state index in [1.165, 1.54) is 4.29 Å². The summed E-state index contributed by atoms with van der Waals surface area (Å²) in [5.41, 5.74) is 2.32. The Labute approximate surface area is 79.1 Å². The van der Waals surface area contributed by atoms with Gasteiger partial charge in [-0.25, -0.2) is 0 Å². The Morgan fingerprint density at radius 1 is 1.42 bits per heavy atom. The summed E-state index contributed by atoms with van der Waals surface area (Å²) in [6.45, 7) is 2.03. The molecule has 1 aromatic heterocycles. The molecule has 0 aliphatic carbocycles. The number of H-pyrrole nitrogens is 1. The van der Waals surface area contributed by atoms with Gasteiger partial charge in [0.1, 0.15) is 0 Å². The summed E-state index contributed by atoms with van der Waals surface area (Å²) in [6, 6.07) is 4.22. The first-order valence-electron chi connectivity index (χ1n) is 3.81. The van der Waals surface area contributed by atoms with Crippen molar-refractivity contribution in [3.05, 3.63) is 41.2 Å². The summed E-state index contributed by atoms with van der Waals surface area (Å²) in [6.07, 6.45) is 8.25. The van der Waals surface area contributed by atoms with E-state index in [1.807, 2.05) is 19.2 Å². The van der Waals surface area contributed by atoms with E-state index < -0.39 is 16.0 Å². The Balaban J connectivity index is 2.55. The first kappa shape index (κ1) is 9.47. The van der Waals surface area contributed by atoms with Crippen LogP contribution in [0, 0.1) is 0 Å². The van der Waals surface area contributed by atoms with Crippen molar-refractivity contribution in [3.8, 4) is 0 Å². The summed E-state index contributed by atoms with van der Waals surface area (Å²) < 4.78 is 3.72. The van der Waals surface area contributed by atoms with Crippen molar-refractivity contribution in [1.29, 1.82) is 0 Å². The van der Waals surface area contributed by atoms with E-state index in [0.29, 0.717) is 0 Å². The van der Waals surface area contributed by atoms with Gasteiger partial charge in [0.05, 0.1) is 0 Å². The van der Waals surface area contributed by atoms with E-state index >= 15 is 0 Å². The van der Waals surface area contributed by atoms with Crippen LogP contribution in [0.25, 0.3) is 0 Å². The van der Waals surface area contributed by atoms with Crippen LogP contribution < -0.4 is 4.29 Å². The molecule has 0 amide bonds. The van der Waals surface area contributed by atoms with Crippen molar-refractivity contribution in [2.75, 3.05) is 0 Å². The van der Waals surface area contributed by atoms with Crippen molar-refractivity contribution in [2.45, 2.75) is 12.4 Å². The summed E-state index contributed by atoms with van der Waals surface area (Å²) in [4.78, 5) is 3.25. The SMILES string of the molecule is CC=CC=[CH][Ru]([CH3])[c]1ccc[nH]1. The van der Waals surface area contributed by atoms with Crippen LogP contribution in [0.4, 0.5) is 0 Å². The zero-order chi connectivity index (χ0) is 8.81. The summed E-state index contributed by atoms with van der Waals surface area (Å²) >= 11 is -0.872. The van der Waals surface area contributed by atoms with E-state index in [2.05, 4.69) is 39.5 Å². The Bertz CT molecular complexity index is 259. The monoisotopic (exact) mass is 250 g/mol. The molecule has 2 heteroatoms. The average Bonchev–Trinajstić information content (AvgIpc) is 2.56. The van der Waals surface area contributed by atoms with Crippen LogP contribution in [0.15, 0.2) is 41.2 Å². The predicted molar refractivity (Wildman–Crippen MR) is 50.2 cm³/mol. The fraction of sp³-hybridized carbons (Fsp3) is 0.200. The number of rotatable bonds is 3. The van der Waals surface area contributed by atoms with Gasteiger partial charge in [0.25, 0.3) is 0 Å². The molecule has 0 saturated heterocycles. The van der Waals surface area contributed by atoms with Crippen LogP contribution in [0.2, 0.25) is 5.52 Å². The molecule has 1 heterocycles. The normalized spacial score (nSPS) is 13.0. The second kappa shape index (κ2) is 5.10. The van der Waals surface area contributed by atoms with Gasteiger partial charge in [-0.2, -0.15) is 0 Å². The molecule has 0 spiro atoms. The summed E-state index contributed by atoms with van der Waals surface area (Å²) in [5.74, 6) is 0. The van der Waals surface area contributed by atoms with Gasteiger partial charge in [-0.1, -0.05) is 0 Å². The van der Waals surface area contributed by atoms with Gasteiger partial charge in [0.15, 0.2) is 0 Å². The first-order chi connectivity index (χ1) is 5.84. The molecule has 0 saturated carbocycles. The molecule has 0 aliphatic heterocycles. The van der Waals surface area contributed by atoms with Crippen molar-refractivity contribution in [1.82, 2.24) is 4.98 Å². The number of hydrogen-bond donors (Lipinski definition) is 1. The molecule has 67 valence electrons. The van der Waals surface area contributed by atoms with Gasteiger partial charge in [0.2, 0.25) is 0 Å². The molecule has 1 N–H and O–H groups in total. The molecule has 0 radical (unpaired) electrons. The Kier molecular flexibility index (Phi) is 4.03. The fourth-order valence-corrected chi connectivity index (χ4v) is 2.97. The third-order valence-electron chi connectivity index (χ3n) is 1.40. The van der Waals surface area contributed by atoms with Gasteiger partial charge in [-0.3, -0.25) is 0 Å². The van der Waals surface area contributed by atoms with E-state index in [9.17, 15) is 0 Å². The molecule has 0 atom stereocenters. The van der Waals surface area contributed by atoms with Crippen molar-refractivity contribution >= 4 is 4.29 Å². The van der Waals surface area contributed by atoms with Crippen LogP contribution in [-0.2, 0) is 16.0 Å². The Morgan fingerprint density at radius 3 is 2.83 bits per heavy atom. The van der Waals surface area contributed by atoms with Gasteiger partial charge >= 0.3 is 78.9 Å². The zero-order valence-electron chi connectivity index (χ0n) is 7.40. The molecule has 0 fully saturated rings. The van der Waals surface area contributed by atoms with Crippen LogP contribution in [-0.4, -0.2) is 4.98 Å². The first-order valence-corrected chi connectivity index (χ1v) is 7.42. The maximum atomic E-state index is 3.25. The molecular formula is C10H14NRu. The molecule has 1 aromatic rings. The van der Waals surface area contributed by atoms with Crippen molar-refractivity contribution < 1.29 is 16.0 Å². The second-order valence-corrected chi connectivity index (χ2v) is 6.21. The topological polar surface area (TPSA) is 15.8 Å². The number of allylic oxidation sites excluding steroid dienone is 3. The van der Waals surface area contributed by atoms with Crippen LogP contribution >= 0.6 is 0 Å². The van der Waals surface area contributed by atoms with Crippen molar-refractivity contribution in [2.24, 2.45) is 0 Å². The molecular weight excluding hydrogens is 235 g/mol. The Hall–Kier alpha value is -0.617. The van der Waals surface area contributed by atoms with E-state index in [-0.39, 0.29) is 0 Å². The number of hydrogen-bond acceptors (Lipinski definition) is 0. The third kappa shape index (κ3) is 2.79. The third-order valence-corrected chi connectivity index (χ3v) is 4.62. The van der Waals surface area contributed by atoms with Crippen LogP contribution in [0.1, 0.15) is 6.92 Å². The minimum absolute atomic E-state index is 0.872. The van der Waals surface area contributed by atoms with Gasteiger partial charge in [0, 0.05) is 0 Å². The van der Waals surface area contributed by atoms with Crippen molar-refractivity contribution in [3.63, 3.8) is 0 Å². The predicted octanol–water partition coefficient (Wildman–Crippen LogP) is 2.40. The molecule has 0 bridgehead atoms.